The van der Waals surface area contributed by atoms with E-state index >= 15 is 0 Å². The van der Waals surface area contributed by atoms with Crippen LogP contribution in [0.25, 0.3) is 0 Å². The van der Waals surface area contributed by atoms with Crippen LogP contribution in [0.4, 0.5) is 5.69 Å². The predicted molar refractivity (Wildman–Crippen MR) is 120 cm³/mol. The van der Waals surface area contributed by atoms with E-state index in [1.165, 1.54) is 0 Å². The number of nitrogens with one attached hydrogen (secondary N) is 2. The molecule has 0 saturated heterocycles. The lowest BCUT2D eigenvalue weighted by atomic mass is 10.1. The number of anilines is 1. The van der Waals surface area contributed by atoms with Crippen LogP contribution >= 0.6 is 12.2 Å². The molecule has 3 aromatic rings. The van der Waals surface area contributed by atoms with Crippen LogP contribution in [0.1, 0.15) is 15.9 Å². The minimum absolute atomic E-state index is 0.176. The van der Waals surface area contributed by atoms with Crippen molar-refractivity contribution in [2.24, 2.45) is 0 Å². The van der Waals surface area contributed by atoms with Crippen LogP contribution in [0, 0.1) is 0 Å². The molecule has 3 rings (SSSR count). The van der Waals surface area contributed by atoms with Gasteiger partial charge in [-0.3, -0.25) is 10.1 Å². The van der Waals surface area contributed by atoms with Gasteiger partial charge in [0, 0.05) is 11.1 Å². The van der Waals surface area contributed by atoms with Crippen LogP contribution < -0.4 is 24.8 Å². The van der Waals surface area contributed by atoms with Crippen molar-refractivity contribution in [2.75, 3.05) is 19.5 Å². The fourth-order valence-corrected chi connectivity index (χ4v) is 2.98. The van der Waals surface area contributed by atoms with Crippen LogP contribution in [-0.2, 0) is 6.61 Å². The zero-order valence-corrected chi connectivity index (χ0v) is 17.5. The van der Waals surface area contributed by atoms with Crippen molar-refractivity contribution < 1.29 is 19.0 Å². The van der Waals surface area contributed by atoms with Crippen molar-refractivity contribution in [2.45, 2.75) is 6.61 Å². The van der Waals surface area contributed by atoms with Crippen LogP contribution in [0.15, 0.2) is 72.8 Å². The Morgan fingerprint density at radius 1 is 0.867 bits per heavy atom. The molecule has 0 unspecified atom stereocenters. The first-order valence-electron chi connectivity index (χ1n) is 9.21. The molecule has 154 valence electrons. The molecule has 0 aliphatic carbocycles. The molecule has 30 heavy (non-hydrogen) atoms. The zero-order chi connectivity index (χ0) is 21.3. The molecule has 1 amide bonds. The number of carbonyl (C=O) groups is 1. The first-order valence-corrected chi connectivity index (χ1v) is 9.61. The average Bonchev–Trinajstić information content (AvgIpc) is 2.78. The summed E-state index contributed by atoms with van der Waals surface area (Å²) < 4.78 is 16.2. The molecule has 0 fully saturated rings. The Kier molecular flexibility index (Phi) is 7.24. The fraction of sp³-hybridized carbons (Fsp3) is 0.130. The van der Waals surface area contributed by atoms with E-state index in [4.69, 9.17) is 26.4 Å². The highest BCUT2D eigenvalue weighted by atomic mass is 32.1. The quantitative estimate of drug-likeness (QED) is 0.550. The van der Waals surface area contributed by atoms with Gasteiger partial charge < -0.3 is 19.5 Å². The van der Waals surface area contributed by atoms with E-state index in [0.29, 0.717) is 22.7 Å². The van der Waals surface area contributed by atoms with Gasteiger partial charge in [0.2, 0.25) is 0 Å². The Morgan fingerprint density at radius 3 is 2.27 bits per heavy atom. The summed E-state index contributed by atoms with van der Waals surface area (Å²) >= 11 is 5.29. The maximum Gasteiger partial charge on any atom is 0.257 e. The van der Waals surface area contributed by atoms with E-state index in [0.717, 1.165) is 11.3 Å². The minimum Gasteiger partial charge on any atom is -0.497 e. The Labute approximate surface area is 180 Å². The molecule has 0 aliphatic heterocycles. The second kappa shape index (κ2) is 10.3. The van der Waals surface area contributed by atoms with E-state index in [2.05, 4.69) is 10.6 Å². The van der Waals surface area contributed by atoms with Gasteiger partial charge >= 0.3 is 0 Å². The molecule has 0 aliphatic rings. The molecule has 6 nitrogen and oxygen atoms in total. The highest BCUT2D eigenvalue weighted by molar-refractivity contribution is 7.80. The molecule has 0 saturated carbocycles. The van der Waals surface area contributed by atoms with Gasteiger partial charge in [-0.15, -0.1) is 0 Å². The summed E-state index contributed by atoms with van der Waals surface area (Å²) in [6, 6.07) is 21.8. The molecule has 7 heteroatoms. The molecule has 0 bridgehead atoms. The lowest BCUT2D eigenvalue weighted by Crippen LogP contribution is -2.34. The highest BCUT2D eigenvalue weighted by Gasteiger charge is 2.14. The van der Waals surface area contributed by atoms with Gasteiger partial charge in [-0.1, -0.05) is 30.3 Å². The van der Waals surface area contributed by atoms with Crippen LogP contribution in [0.2, 0.25) is 0 Å². The lowest BCUT2D eigenvalue weighted by Gasteiger charge is -2.14. The topological polar surface area (TPSA) is 68.8 Å². The van der Waals surface area contributed by atoms with E-state index < -0.39 is 0 Å². The van der Waals surface area contributed by atoms with E-state index in [1.54, 1.807) is 32.4 Å². The van der Waals surface area contributed by atoms with Gasteiger partial charge in [0.05, 0.1) is 19.9 Å². The van der Waals surface area contributed by atoms with Crippen molar-refractivity contribution in [3.63, 3.8) is 0 Å². The summed E-state index contributed by atoms with van der Waals surface area (Å²) in [5.74, 6) is 1.73. The number of hydrogen-bond donors (Lipinski definition) is 2. The van der Waals surface area contributed by atoms with Gasteiger partial charge in [0.25, 0.3) is 5.91 Å². The van der Waals surface area contributed by atoms with E-state index in [9.17, 15) is 4.79 Å². The molecular formula is C23H22N2O4S. The normalized spacial score (nSPS) is 10.1. The summed E-state index contributed by atoms with van der Waals surface area (Å²) in [5.41, 5.74) is 1.89. The average molecular weight is 423 g/mol. The lowest BCUT2D eigenvalue weighted by molar-refractivity contribution is 0.0975. The van der Waals surface area contributed by atoms with Crippen molar-refractivity contribution in [1.82, 2.24) is 5.32 Å². The SMILES string of the molecule is COc1ccc(OCc2ccccc2C(=O)NC(=S)Nc2ccccc2OC)cc1. The molecule has 2 N–H and O–H groups in total. The smallest absolute Gasteiger partial charge is 0.257 e. The van der Waals surface area contributed by atoms with Gasteiger partial charge in [0.15, 0.2) is 5.11 Å². The number of amides is 1. The summed E-state index contributed by atoms with van der Waals surface area (Å²) in [7, 11) is 3.18. The largest absolute Gasteiger partial charge is 0.497 e. The summed E-state index contributed by atoms with van der Waals surface area (Å²) in [6.45, 7) is 0.239. The Morgan fingerprint density at radius 2 is 1.53 bits per heavy atom. The number of methoxy groups -OCH3 is 2. The van der Waals surface area contributed by atoms with E-state index in [1.807, 2.05) is 54.6 Å². The predicted octanol–water partition coefficient (Wildman–Crippen LogP) is 4.41. The van der Waals surface area contributed by atoms with Gasteiger partial charge in [0.1, 0.15) is 23.9 Å². The summed E-state index contributed by atoms with van der Waals surface area (Å²) in [5, 5.41) is 5.86. The maximum absolute atomic E-state index is 12.8. The molecule has 3 aromatic carbocycles. The number of benzene rings is 3. The third-order valence-corrected chi connectivity index (χ3v) is 4.50. The van der Waals surface area contributed by atoms with Gasteiger partial charge in [-0.25, -0.2) is 0 Å². The Bertz CT molecular complexity index is 1020. The van der Waals surface area contributed by atoms with Gasteiger partial charge in [-0.05, 0) is 54.7 Å². The van der Waals surface area contributed by atoms with Crippen LogP contribution in [0.5, 0.6) is 17.2 Å². The zero-order valence-electron chi connectivity index (χ0n) is 16.7. The second-order valence-corrected chi connectivity index (χ2v) is 6.64. The first kappa shape index (κ1) is 21.1. The number of para-hydroxylation sites is 2. The first-order chi connectivity index (χ1) is 14.6. The molecule has 0 radical (unpaired) electrons. The number of hydrogen-bond acceptors (Lipinski definition) is 5. The molecule has 0 heterocycles. The standard InChI is InChI=1S/C23H22N2O4S/c1-27-17-11-13-18(14-12-17)29-15-16-7-3-4-8-19(16)22(26)25-23(30)24-20-9-5-6-10-21(20)28-2/h3-14H,15H2,1-2H3,(H2,24,25,26,30). The van der Waals surface area contributed by atoms with Crippen LogP contribution in [0.3, 0.4) is 0 Å². The molecule has 0 atom stereocenters. The molecule has 0 spiro atoms. The summed E-state index contributed by atoms with van der Waals surface area (Å²) in [4.78, 5) is 12.8. The Hall–Kier alpha value is -3.58. The van der Waals surface area contributed by atoms with Crippen molar-refractivity contribution in [3.05, 3.63) is 83.9 Å². The third-order valence-electron chi connectivity index (χ3n) is 4.30. The number of thiocarbonyl (C=S) groups is 1. The number of ether oxygens (including phenoxy) is 3. The van der Waals surface area contributed by atoms with E-state index in [-0.39, 0.29) is 17.6 Å². The molecular weight excluding hydrogens is 400 g/mol. The third kappa shape index (κ3) is 5.48. The maximum atomic E-state index is 12.8. The van der Waals surface area contributed by atoms with Crippen molar-refractivity contribution in [3.8, 4) is 17.2 Å². The highest BCUT2D eigenvalue weighted by Crippen LogP contribution is 2.23. The number of carbonyl (C=O) groups excluding carboxylic acids is 1. The molecule has 0 aromatic heterocycles. The van der Waals surface area contributed by atoms with Crippen LogP contribution in [-0.4, -0.2) is 25.2 Å². The number of rotatable bonds is 7. The monoisotopic (exact) mass is 422 g/mol. The summed E-state index contributed by atoms with van der Waals surface area (Å²) in [6.07, 6.45) is 0. The van der Waals surface area contributed by atoms with Crippen molar-refractivity contribution in [1.29, 1.82) is 0 Å². The minimum atomic E-state index is -0.323. The van der Waals surface area contributed by atoms with Crippen molar-refractivity contribution >= 4 is 28.9 Å². The second-order valence-electron chi connectivity index (χ2n) is 6.23. The fourth-order valence-electron chi connectivity index (χ4n) is 2.77. The van der Waals surface area contributed by atoms with Gasteiger partial charge in [-0.2, -0.15) is 0 Å². The Balaban J connectivity index is 1.65.